The van der Waals surface area contributed by atoms with E-state index in [0.717, 1.165) is 5.56 Å². The second-order valence-corrected chi connectivity index (χ2v) is 5.33. The highest BCUT2D eigenvalue weighted by molar-refractivity contribution is 5.72. The fraction of sp³-hybridized carbons (Fsp3) is 0.263. The Labute approximate surface area is 146 Å². The van der Waals surface area contributed by atoms with Crippen molar-refractivity contribution in [1.29, 1.82) is 0 Å². The summed E-state index contributed by atoms with van der Waals surface area (Å²) in [7, 11) is 0. The van der Waals surface area contributed by atoms with Crippen molar-refractivity contribution >= 4 is 12.1 Å². The Kier molecular flexibility index (Phi) is 6.83. The number of ether oxygens (including phenoxy) is 2. The average molecular weight is 343 g/mol. The summed E-state index contributed by atoms with van der Waals surface area (Å²) < 4.78 is 10.7. The van der Waals surface area contributed by atoms with Gasteiger partial charge in [0.1, 0.15) is 12.4 Å². The minimum absolute atomic E-state index is 0.111. The van der Waals surface area contributed by atoms with Crippen molar-refractivity contribution in [2.75, 3.05) is 6.61 Å². The zero-order valence-electron chi connectivity index (χ0n) is 14.0. The van der Waals surface area contributed by atoms with Crippen LogP contribution in [0.3, 0.4) is 0 Å². The lowest BCUT2D eigenvalue weighted by molar-refractivity contribution is -0.137. The molecule has 2 aromatic rings. The maximum atomic E-state index is 12.1. The first kappa shape index (κ1) is 18.3. The van der Waals surface area contributed by atoms with Crippen molar-refractivity contribution < 1.29 is 24.2 Å². The monoisotopic (exact) mass is 343 g/mol. The number of carbonyl (C=O) groups excluding carboxylic acids is 1. The van der Waals surface area contributed by atoms with Gasteiger partial charge in [-0.2, -0.15) is 0 Å². The van der Waals surface area contributed by atoms with Gasteiger partial charge in [0.05, 0.1) is 19.1 Å². The molecule has 0 aliphatic carbocycles. The molecule has 6 nitrogen and oxygen atoms in total. The number of hydrogen-bond donors (Lipinski definition) is 2. The van der Waals surface area contributed by atoms with Crippen LogP contribution in [0.25, 0.3) is 0 Å². The SMILES string of the molecule is CCOc1ccccc1[C@H](CC(=O)O)NC(=O)OCc1ccccc1. The number of para-hydroxylation sites is 1. The minimum Gasteiger partial charge on any atom is -0.494 e. The van der Waals surface area contributed by atoms with Gasteiger partial charge in [-0.1, -0.05) is 48.5 Å². The first-order valence-corrected chi connectivity index (χ1v) is 8.01. The summed E-state index contributed by atoms with van der Waals surface area (Å²) in [6.07, 6.45) is -0.953. The third-order valence-electron chi connectivity index (χ3n) is 3.48. The van der Waals surface area contributed by atoms with Crippen LogP contribution in [0, 0.1) is 0 Å². The predicted molar refractivity (Wildman–Crippen MR) is 92.4 cm³/mol. The topological polar surface area (TPSA) is 84.9 Å². The van der Waals surface area contributed by atoms with Gasteiger partial charge in [-0.3, -0.25) is 4.79 Å². The molecule has 25 heavy (non-hydrogen) atoms. The van der Waals surface area contributed by atoms with Gasteiger partial charge in [0.2, 0.25) is 0 Å². The largest absolute Gasteiger partial charge is 0.494 e. The van der Waals surface area contributed by atoms with E-state index < -0.39 is 18.1 Å². The van der Waals surface area contributed by atoms with E-state index in [0.29, 0.717) is 17.9 Å². The van der Waals surface area contributed by atoms with Crippen LogP contribution in [0.5, 0.6) is 5.75 Å². The van der Waals surface area contributed by atoms with Gasteiger partial charge in [-0.25, -0.2) is 4.79 Å². The molecule has 0 radical (unpaired) electrons. The molecule has 0 spiro atoms. The molecule has 0 saturated carbocycles. The number of rotatable bonds is 8. The summed E-state index contributed by atoms with van der Waals surface area (Å²) in [6, 6.07) is 15.5. The molecule has 0 unspecified atom stereocenters. The molecule has 0 aliphatic heterocycles. The zero-order chi connectivity index (χ0) is 18.1. The molecule has 6 heteroatoms. The molecule has 0 fully saturated rings. The predicted octanol–water partition coefficient (Wildman–Crippen LogP) is 3.53. The highest BCUT2D eigenvalue weighted by Gasteiger charge is 2.22. The molecule has 2 aromatic carbocycles. The number of nitrogens with one attached hydrogen (secondary N) is 1. The number of carboxylic acid groups (broad SMARTS) is 1. The van der Waals surface area contributed by atoms with Gasteiger partial charge in [0.15, 0.2) is 0 Å². The van der Waals surface area contributed by atoms with Crippen LogP contribution in [0.15, 0.2) is 54.6 Å². The molecule has 2 rings (SSSR count). The second kappa shape index (κ2) is 9.32. The highest BCUT2D eigenvalue weighted by Crippen LogP contribution is 2.27. The molecule has 132 valence electrons. The van der Waals surface area contributed by atoms with Crippen molar-refractivity contribution in [3.05, 3.63) is 65.7 Å². The van der Waals surface area contributed by atoms with E-state index in [-0.39, 0.29) is 13.0 Å². The molecule has 0 aromatic heterocycles. The minimum atomic E-state index is -1.03. The van der Waals surface area contributed by atoms with Crippen LogP contribution >= 0.6 is 0 Å². The summed E-state index contributed by atoms with van der Waals surface area (Å²) in [5.74, 6) is -0.487. The van der Waals surface area contributed by atoms with Crippen molar-refractivity contribution in [3.8, 4) is 5.75 Å². The van der Waals surface area contributed by atoms with Gasteiger partial charge in [-0.15, -0.1) is 0 Å². The lowest BCUT2D eigenvalue weighted by atomic mass is 10.0. The van der Waals surface area contributed by atoms with Gasteiger partial charge < -0.3 is 19.9 Å². The zero-order valence-corrected chi connectivity index (χ0v) is 14.0. The van der Waals surface area contributed by atoms with Crippen LogP contribution in [0.1, 0.15) is 30.5 Å². The average Bonchev–Trinajstić information content (AvgIpc) is 2.61. The third-order valence-corrected chi connectivity index (χ3v) is 3.48. The van der Waals surface area contributed by atoms with Crippen LogP contribution in [-0.4, -0.2) is 23.8 Å². The number of amides is 1. The standard InChI is InChI=1S/C19H21NO5/c1-2-24-17-11-7-6-10-15(17)16(12-18(21)22)20-19(23)25-13-14-8-4-3-5-9-14/h3-11,16H,2,12-13H2,1H3,(H,20,23)(H,21,22)/t16-/m0/s1. The van der Waals surface area contributed by atoms with Crippen LogP contribution in [-0.2, 0) is 16.1 Å². The molecule has 0 saturated heterocycles. The lowest BCUT2D eigenvalue weighted by Gasteiger charge is -2.20. The van der Waals surface area contributed by atoms with Crippen LogP contribution in [0.4, 0.5) is 4.79 Å². The number of carboxylic acids is 1. The summed E-state index contributed by atoms with van der Waals surface area (Å²) in [4.78, 5) is 23.3. The van der Waals surface area contributed by atoms with Gasteiger partial charge in [0.25, 0.3) is 0 Å². The van der Waals surface area contributed by atoms with Crippen LogP contribution in [0.2, 0.25) is 0 Å². The highest BCUT2D eigenvalue weighted by atomic mass is 16.5. The Hall–Kier alpha value is -3.02. The molecule has 0 aliphatic rings. The lowest BCUT2D eigenvalue weighted by Crippen LogP contribution is -2.31. The molecule has 1 atom stereocenters. The maximum Gasteiger partial charge on any atom is 0.407 e. The van der Waals surface area contributed by atoms with E-state index in [1.54, 1.807) is 24.3 Å². The fourth-order valence-electron chi connectivity index (χ4n) is 2.38. The van der Waals surface area contributed by atoms with E-state index in [1.807, 2.05) is 37.3 Å². The van der Waals surface area contributed by atoms with E-state index in [4.69, 9.17) is 14.6 Å². The van der Waals surface area contributed by atoms with E-state index in [9.17, 15) is 9.59 Å². The van der Waals surface area contributed by atoms with E-state index in [1.165, 1.54) is 0 Å². The number of alkyl carbamates (subject to hydrolysis) is 1. The van der Waals surface area contributed by atoms with E-state index >= 15 is 0 Å². The first-order chi connectivity index (χ1) is 12.1. The molecular weight excluding hydrogens is 322 g/mol. The Morgan fingerprint density at radius 1 is 1.08 bits per heavy atom. The third kappa shape index (κ3) is 5.84. The Bertz CT molecular complexity index is 702. The van der Waals surface area contributed by atoms with Crippen molar-refractivity contribution in [2.24, 2.45) is 0 Å². The summed E-state index contributed by atoms with van der Waals surface area (Å²) >= 11 is 0. The number of benzene rings is 2. The molecule has 1 amide bonds. The normalized spacial score (nSPS) is 11.4. The fourth-order valence-corrected chi connectivity index (χ4v) is 2.38. The maximum absolute atomic E-state index is 12.1. The number of hydrogen-bond acceptors (Lipinski definition) is 4. The van der Waals surface area contributed by atoms with E-state index in [2.05, 4.69) is 5.32 Å². The Morgan fingerprint density at radius 3 is 2.44 bits per heavy atom. The molecule has 2 N–H and O–H groups in total. The molecule has 0 bridgehead atoms. The summed E-state index contributed by atoms with van der Waals surface area (Å²) in [6.45, 7) is 2.39. The second-order valence-electron chi connectivity index (χ2n) is 5.33. The van der Waals surface area contributed by atoms with Crippen molar-refractivity contribution in [3.63, 3.8) is 0 Å². The van der Waals surface area contributed by atoms with Gasteiger partial charge in [0, 0.05) is 5.56 Å². The van der Waals surface area contributed by atoms with Crippen molar-refractivity contribution in [1.82, 2.24) is 5.32 Å². The quantitative estimate of drug-likeness (QED) is 0.766. The Morgan fingerprint density at radius 2 is 1.76 bits per heavy atom. The summed E-state index contributed by atoms with van der Waals surface area (Å²) in [5.41, 5.74) is 1.45. The van der Waals surface area contributed by atoms with Crippen molar-refractivity contribution in [2.45, 2.75) is 26.0 Å². The molecule has 0 heterocycles. The summed E-state index contributed by atoms with van der Waals surface area (Å²) in [5, 5.41) is 11.8. The number of carbonyl (C=O) groups is 2. The van der Waals surface area contributed by atoms with Gasteiger partial charge >= 0.3 is 12.1 Å². The smallest absolute Gasteiger partial charge is 0.407 e. The van der Waals surface area contributed by atoms with Gasteiger partial charge in [-0.05, 0) is 18.6 Å². The Balaban J connectivity index is 2.07. The van der Waals surface area contributed by atoms with Crippen LogP contribution < -0.4 is 10.1 Å². The first-order valence-electron chi connectivity index (χ1n) is 8.01. The number of aliphatic carboxylic acids is 1. The molecular formula is C19H21NO5.